The number of aliphatic hydroxyl groups excluding tert-OH is 1. The topological polar surface area (TPSA) is 69.4 Å². The highest BCUT2D eigenvalue weighted by molar-refractivity contribution is 7.13. The summed E-state index contributed by atoms with van der Waals surface area (Å²) in [6.07, 6.45) is 1.78. The summed E-state index contributed by atoms with van der Waals surface area (Å²) in [4.78, 5) is 0.986. The Morgan fingerprint density at radius 1 is 1.32 bits per heavy atom. The summed E-state index contributed by atoms with van der Waals surface area (Å²) in [6, 6.07) is 9.58. The Morgan fingerprint density at radius 2 is 2.20 bits per heavy atom. The fourth-order valence-electron chi connectivity index (χ4n) is 2.54. The molecule has 25 heavy (non-hydrogen) atoms. The molecule has 0 amide bonds. The number of fused-ring (bicyclic) bond motifs is 1. The summed E-state index contributed by atoms with van der Waals surface area (Å²) in [5.74, 6) is 7.05. The summed E-state index contributed by atoms with van der Waals surface area (Å²) >= 11 is 1.55. The van der Waals surface area contributed by atoms with Gasteiger partial charge in [-0.15, -0.1) is 16.4 Å². The van der Waals surface area contributed by atoms with E-state index in [0.717, 1.165) is 27.6 Å². The van der Waals surface area contributed by atoms with Crippen molar-refractivity contribution in [3.05, 3.63) is 47.5 Å². The molecule has 0 saturated carbocycles. The van der Waals surface area contributed by atoms with Gasteiger partial charge in [0.15, 0.2) is 17.6 Å². The number of hydrogen-bond acceptors (Lipinski definition) is 6. The summed E-state index contributed by atoms with van der Waals surface area (Å²) in [5, 5.41) is 19.1. The van der Waals surface area contributed by atoms with Crippen LogP contribution < -0.4 is 9.47 Å². The summed E-state index contributed by atoms with van der Waals surface area (Å²) in [5.41, 5.74) is 1.66. The number of thiophene rings is 1. The van der Waals surface area contributed by atoms with Gasteiger partial charge in [-0.05, 0) is 18.2 Å². The monoisotopic (exact) mass is 353 g/mol. The van der Waals surface area contributed by atoms with Crippen LogP contribution in [0.2, 0.25) is 0 Å². The van der Waals surface area contributed by atoms with Crippen LogP contribution in [0, 0.1) is 11.8 Å². The van der Waals surface area contributed by atoms with Crippen LogP contribution in [0.4, 0.5) is 0 Å². The molecule has 4 rings (SSSR count). The van der Waals surface area contributed by atoms with Gasteiger partial charge in [-0.3, -0.25) is 0 Å². The molecule has 3 heterocycles. The summed E-state index contributed by atoms with van der Waals surface area (Å²) in [6.45, 7) is 0.893. The van der Waals surface area contributed by atoms with Crippen molar-refractivity contribution >= 4 is 11.3 Å². The van der Waals surface area contributed by atoms with Gasteiger partial charge in [0, 0.05) is 10.9 Å². The molecule has 126 valence electrons. The van der Waals surface area contributed by atoms with Crippen LogP contribution in [0.1, 0.15) is 5.56 Å². The predicted octanol–water partition coefficient (Wildman–Crippen LogP) is 2.19. The molecule has 3 aromatic rings. The first-order valence-corrected chi connectivity index (χ1v) is 8.67. The van der Waals surface area contributed by atoms with E-state index < -0.39 is 0 Å². The Kier molecular flexibility index (Phi) is 4.37. The van der Waals surface area contributed by atoms with Crippen molar-refractivity contribution in [3.63, 3.8) is 0 Å². The number of aromatic nitrogens is 3. The Bertz CT molecular complexity index is 938. The minimum absolute atomic E-state index is 0.112. The Labute approximate surface area is 148 Å². The van der Waals surface area contributed by atoms with Crippen molar-refractivity contribution < 1.29 is 14.6 Å². The van der Waals surface area contributed by atoms with E-state index in [2.05, 4.69) is 22.2 Å². The van der Waals surface area contributed by atoms with Crippen LogP contribution in [0.3, 0.4) is 0 Å². The second-order valence-corrected chi connectivity index (χ2v) is 6.39. The van der Waals surface area contributed by atoms with Gasteiger partial charge in [0.1, 0.15) is 18.9 Å². The molecule has 1 atom stereocenters. The second-order valence-electron chi connectivity index (χ2n) is 5.48. The molecule has 0 saturated heterocycles. The number of hydrogen-bond donors (Lipinski definition) is 1. The Balaban J connectivity index is 1.44. The van der Waals surface area contributed by atoms with E-state index in [1.807, 2.05) is 41.9 Å². The minimum atomic E-state index is -0.145. The molecular weight excluding hydrogens is 338 g/mol. The molecule has 0 unspecified atom stereocenters. The third-order valence-electron chi connectivity index (χ3n) is 3.66. The van der Waals surface area contributed by atoms with E-state index in [1.165, 1.54) is 0 Å². The lowest BCUT2D eigenvalue weighted by Gasteiger charge is -2.26. The van der Waals surface area contributed by atoms with Crippen LogP contribution in [0.15, 0.2) is 41.9 Å². The molecule has 0 aliphatic carbocycles. The molecule has 1 aromatic carbocycles. The van der Waals surface area contributed by atoms with E-state index in [0.29, 0.717) is 13.2 Å². The van der Waals surface area contributed by atoms with Crippen LogP contribution in [-0.2, 0) is 6.54 Å². The van der Waals surface area contributed by atoms with Crippen LogP contribution in [-0.4, -0.2) is 39.4 Å². The molecule has 1 N–H and O–H groups in total. The van der Waals surface area contributed by atoms with Crippen molar-refractivity contribution in [2.45, 2.75) is 12.6 Å². The first-order valence-electron chi connectivity index (χ1n) is 7.79. The zero-order chi connectivity index (χ0) is 17.1. The van der Waals surface area contributed by atoms with Crippen LogP contribution >= 0.6 is 11.3 Å². The summed E-state index contributed by atoms with van der Waals surface area (Å²) in [7, 11) is 0. The van der Waals surface area contributed by atoms with Gasteiger partial charge in [-0.25, -0.2) is 4.68 Å². The van der Waals surface area contributed by atoms with Gasteiger partial charge in [-0.1, -0.05) is 29.2 Å². The average Bonchev–Trinajstić information content (AvgIpc) is 3.29. The van der Waals surface area contributed by atoms with Crippen molar-refractivity contribution in [2.24, 2.45) is 0 Å². The number of benzene rings is 1. The molecule has 6 nitrogen and oxygen atoms in total. The largest absolute Gasteiger partial charge is 0.486 e. The molecule has 0 fully saturated rings. The third-order valence-corrected chi connectivity index (χ3v) is 4.61. The second kappa shape index (κ2) is 6.97. The highest BCUT2D eigenvalue weighted by Crippen LogP contribution is 2.31. The van der Waals surface area contributed by atoms with Crippen molar-refractivity contribution in [2.75, 3.05) is 13.2 Å². The van der Waals surface area contributed by atoms with Gasteiger partial charge in [0.25, 0.3) is 0 Å². The zero-order valence-electron chi connectivity index (χ0n) is 13.3. The number of ether oxygens (including phenoxy) is 2. The summed E-state index contributed by atoms with van der Waals surface area (Å²) < 4.78 is 13.4. The molecule has 7 heteroatoms. The third kappa shape index (κ3) is 3.50. The van der Waals surface area contributed by atoms with E-state index in [4.69, 9.17) is 14.6 Å². The number of aliphatic hydroxyl groups is 1. The number of rotatable bonds is 3. The maximum atomic E-state index is 8.75. The molecule has 1 aliphatic heterocycles. The Hall–Kier alpha value is -2.82. The molecule has 0 spiro atoms. The number of para-hydroxylation sites is 2. The maximum absolute atomic E-state index is 8.75. The lowest BCUT2D eigenvalue weighted by molar-refractivity contribution is 0.0755. The SMILES string of the molecule is OCC#Cc1csc(-c2cn(C[C@H]3COc4ccccc4O3)nn2)c1. The molecule has 0 radical (unpaired) electrons. The minimum Gasteiger partial charge on any atom is -0.486 e. The molecular formula is C18H15N3O3S. The van der Waals surface area contributed by atoms with Gasteiger partial charge in [0.05, 0.1) is 17.6 Å². The fraction of sp³-hybridized carbons (Fsp3) is 0.222. The van der Waals surface area contributed by atoms with E-state index >= 15 is 0 Å². The fourth-order valence-corrected chi connectivity index (χ4v) is 3.33. The van der Waals surface area contributed by atoms with E-state index in [1.54, 1.807) is 16.0 Å². The quantitative estimate of drug-likeness (QED) is 0.731. The van der Waals surface area contributed by atoms with Crippen LogP contribution in [0.5, 0.6) is 11.5 Å². The van der Waals surface area contributed by atoms with Crippen molar-refractivity contribution in [3.8, 4) is 33.9 Å². The first kappa shape index (κ1) is 15.7. The molecule has 2 aromatic heterocycles. The normalized spacial score (nSPS) is 15.5. The van der Waals surface area contributed by atoms with Gasteiger partial charge in [0.2, 0.25) is 0 Å². The van der Waals surface area contributed by atoms with Crippen LogP contribution in [0.25, 0.3) is 10.6 Å². The Morgan fingerprint density at radius 3 is 3.08 bits per heavy atom. The van der Waals surface area contributed by atoms with Crippen molar-refractivity contribution in [1.82, 2.24) is 15.0 Å². The van der Waals surface area contributed by atoms with Gasteiger partial charge >= 0.3 is 0 Å². The lowest BCUT2D eigenvalue weighted by Crippen LogP contribution is -2.33. The standard InChI is InChI=1S/C18H15N3O3S/c22-7-3-4-13-8-18(25-12-13)15-10-21(20-19-15)9-14-11-23-16-5-1-2-6-17(16)24-14/h1-2,5-6,8,10,12,14,22H,7,9,11H2/t14-/m0/s1. The van der Waals surface area contributed by atoms with E-state index in [-0.39, 0.29) is 12.7 Å². The smallest absolute Gasteiger partial charge is 0.161 e. The van der Waals surface area contributed by atoms with Gasteiger partial charge < -0.3 is 14.6 Å². The average molecular weight is 353 g/mol. The predicted molar refractivity (Wildman–Crippen MR) is 93.7 cm³/mol. The lowest BCUT2D eigenvalue weighted by atomic mass is 10.2. The number of nitrogens with zero attached hydrogens (tertiary/aromatic N) is 3. The highest BCUT2D eigenvalue weighted by atomic mass is 32.1. The van der Waals surface area contributed by atoms with Crippen molar-refractivity contribution in [1.29, 1.82) is 0 Å². The highest BCUT2D eigenvalue weighted by Gasteiger charge is 2.21. The maximum Gasteiger partial charge on any atom is 0.161 e. The first-order chi connectivity index (χ1) is 12.3. The van der Waals surface area contributed by atoms with E-state index in [9.17, 15) is 0 Å². The zero-order valence-corrected chi connectivity index (χ0v) is 14.1. The molecule has 0 bridgehead atoms. The molecule has 1 aliphatic rings. The van der Waals surface area contributed by atoms with Gasteiger partial charge in [-0.2, -0.15) is 0 Å².